The Morgan fingerprint density at radius 1 is 1.11 bits per heavy atom. The van der Waals surface area contributed by atoms with Gasteiger partial charge in [-0.15, -0.1) is 0 Å². The number of hydrogen-bond acceptors (Lipinski definition) is 6. The summed E-state index contributed by atoms with van der Waals surface area (Å²) < 4.78 is 5.26. The van der Waals surface area contributed by atoms with Crippen molar-refractivity contribution in [1.29, 1.82) is 0 Å². The minimum Gasteiger partial charge on any atom is -0.497 e. The van der Waals surface area contributed by atoms with Gasteiger partial charge in [0.1, 0.15) is 10.8 Å². The Bertz CT molecular complexity index is 1010. The third kappa shape index (κ3) is 4.32. The monoisotopic (exact) mass is 397 g/mol. The number of benzene rings is 2. The smallest absolute Gasteiger partial charge is 0.253 e. The van der Waals surface area contributed by atoms with E-state index in [4.69, 9.17) is 16.3 Å². The van der Waals surface area contributed by atoms with E-state index >= 15 is 0 Å². The fourth-order valence-corrected chi connectivity index (χ4v) is 2.69. The van der Waals surface area contributed by atoms with E-state index in [9.17, 15) is 4.79 Å². The maximum Gasteiger partial charge on any atom is 0.253 e. The molecule has 144 valence electrons. The number of nitrogens with zero attached hydrogens (tertiary/aromatic N) is 2. The normalized spacial score (nSPS) is 10.3. The second-order valence-electron chi connectivity index (χ2n) is 5.95. The molecule has 0 aliphatic carbocycles. The van der Waals surface area contributed by atoms with E-state index in [-0.39, 0.29) is 5.91 Å². The molecule has 0 atom stereocenters. The molecule has 2 aromatic carbocycles. The Kier molecular flexibility index (Phi) is 5.96. The zero-order valence-electron chi connectivity index (χ0n) is 15.7. The molecule has 3 rings (SSSR count). The van der Waals surface area contributed by atoms with Gasteiger partial charge in [0.15, 0.2) is 5.82 Å². The van der Waals surface area contributed by atoms with Gasteiger partial charge in [0.25, 0.3) is 5.91 Å². The molecule has 28 heavy (non-hydrogen) atoms. The number of carbonyl (C=O) groups is 1. The molecule has 7 nitrogen and oxygen atoms in total. The molecule has 0 bridgehead atoms. The van der Waals surface area contributed by atoms with Crippen LogP contribution in [0.5, 0.6) is 5.75 Å². The van der Waals surface area contributed by atoms with Crippen LogP contribution >= 0.6 is 11.6 Å². The third-order valence-corrected chi connectivity index (χ3v) is 4.36. The fraction of sp³-hybridized carbons (Fsp3) is 0.150. The zero-order valence-corrected chi connectivity index (χ0v) is 16.5. The number of aryl methyl sites for hydroxylation is 1. The van der Waals surface area contributed by atoms with Crippen molar-refractivity contribution in [2.75, 3.05) is 24.8 Å². The Labute approximate surface area is 168 Å². The summed E-state index contributed by atoms with van der Waals surface area (Å²) >= 11 is 6.26. The van der Waals surface area contributed by atoms with Gasteiger partial charge < -0.3 is 20.7 Å². The largest absolute Gasteiger partial charge is 0.497 e. The zero-order chi connectivity index (χ0) is 20.1. The van der Waals surface area contributed by atoms with Gasteiger partial charge in [0, 0.05) is 18.8 Å². The topological polar surface area (TPSA) is 88.2 Å². The molecule has 1 amide bonds. The average Bonchev–Trinajstić information content (AvgIpc) is 2.72. The predicted octanol–water partition coefficient (Wildman–Crippen LogP) is 4.29. The number of halogens is 1. The van der Waals surface area contributed by atoms with Crippen LogP contribution in [0.4, 0.5) is 23.1 Å². The summed E-state index contributed by atoms with van der Waals surface area (Å²) in [6.07, 6.45) is 1.50. The van der Waals surface area contributed by atoms with E-state index in [1.165, 1.54) is 6.20 Å². The van der Waals surface area contributed by atoms with E-state index in [1.807, 2.05) is 31.2 Å². The van der Waals surface area contributed by atoms with Gasteiger partial charge in [0.2, 0.25) is 5.95 Å². The maximum absolute atomic E-state index is 12.1. The third-order valence-electron chi connectivity index (χ3n) is 4.09. The second-order valence-corrected chi connectivity index (χ2v) is 6.35. The van der Waals surface area contributed by atoms with Gasteiger partial charge in [0.05, 0.1) is 24.6 Å². The number of methoxy groups -OCH3 is 1. The van der Waals surface area contributed by atoms with Crippen molar-refractivity contribution in [2.45, 2.75) is 6.92 Å². The van der Waals surface area contributed by atoms with Crippen LogP contribution in [0.1, 0.15) is 15.9 Å². The molecular formula is C20H20ClN5O2. The maximum atomic E-state index is 12.1. The fourth-order valence-electron chi connectivity index (χ4n) is 2.55. The lowest BCUT2D eigenvalue weighted by Gasteiger charge is -2.14. The number of para-hydroxylation sites is 1. The van der Waals surface area contributed by atoms with Crippen molar-refractivity contribution < 1.29 is 9.53 Å². The van der Waals surface area contributed by atoms with Gasteiger partial charge in [-0.2, -0.15) is 4.98 Å². The Balaban J connectivity index is 1.90. The molecule has 0 radical (unpaired) electrons. The molecule has 0 spiro atoms. The number of anilines is 4. The number of amides is 1. The van der Waals surface area contributed by atoms with Crippen LogP contribution in [-0.2, 0) is 0 Å². The standard InChI is InChI=1S/C20H20ClN5O2/c1-12-8-9-13(28-3)10-17(12)25-20-23-11-15(21)18(26-20)24-16-7-5-4-6-14(16)19(27)22-2/h4-11H,1-3H3,(H,22,27)(H2,23,24,25,26). The van der Waals surface area contributed by atoms with Crippen LogP contribution in [0.15, 0.2) is 48.7 Å². The average molecular weight is 398 g/mol. The van der Waals surface area contributed by atoms with Crippen LogP contribution in [0.25, 0.3) is 0 Å². The molecule has 1 aromatic heterocycles. The highest BCUT2D eigenvalue weighted by Gasteiger charge is 2.13. The molecule has 0 aliphatic heterocycles. The number of nitrogens with one attached hydrogen (secondary N) is 3. The van der Waals surface area contributed by atoms with E-state index in [0.29, 0.717) is 28.0 Å². The van der Waals surface area contributed by atoms with Gasteiger partial charge >= 0.3 is 0 Å². The van der Waals surface area contributed by atoms with E-state index in [2.05, 4.69) is 25.9 Å². The van der Waals surface area contributed by atoms with Crippen LogP contribution in [0, 0.1) is 6.92 Å². The summed E-state index contributed by atoms with van der Waals surface area (Å²) in [5.74, 6) is 1.26. The van der Waals surface area contributed by atoms with Crippen LogP contribution in [0.2, 0.25) is 5.02 Å². The number of hydrogen-bond donors (Lipinski definition) is 3. The summed E-state index contributed by atoms with van der Waals surface area (Å²) in [4.78, 5) is 20.8. The van der Waals surface area contributed by atoms with Crippen LogP contribution in [0.3, 0.4) is 0 Å². The lowest BCUT2D eigenvalue weighted by Crippen LogP contribution is -2.19. The van der Waals surface area contributed by atoms with Crippen LogP contribution < -0.4 is 20.7 Å². The van der Waals surface area contributed by atoms with Gasteiger partial charge in [-0.3, -0.25) is 4.79 Å². The summed E-state index contributed by atoms with van der Waals surface area (Å²) in [6.45, 7) is 1.97. The van der Waals surface area contributed by atoms with Gasteiger partial charge in [-0.25, -0.2) is 4.98 Å². The highest BCUT2D eigenvalue weighted by Crippen LogP contribution is 2.28. The first-order valence-corrected chi connectivity index (χ1v) is 8.92. The Morgan fingerprint density at radius 3 is 2.64 bits per heavy atom. The van der Waals surface area contributed by atoms with Crippen LogP contribution in [-0.4, -0.2) is 30.0 Å². The molecule has 8 heteroatoms. The van der Waals surface area contributed by atoms with Crippen molar-refractivity contribution >= 4 is 40.6 Å². The van der Waals surface area contributed by atoms with Crippen molar-refractivity contribution in [3.05, 3.63) is 64.8 Å². The van der Waals surface area contributed by atoms with Gasteiger partial charge in [-0.1, -0.05) is 29.8 Å². The summed E-state index contributed by atoms with van der Waals surface area (Å²) in [5.41, 5.74) is 2.90. The summed E-state index contributed by atoms with van der Waals surface area (Å²) in [5, 5.41) is 9.23. The first-order chi connectivity index (χ1) is 13.5. The first kappa shape index (κ1) is 19.4. The molecule has 1 heterocycles. The van der Waals surface area contributed by atoms with E-state index < -0.39 is 0 Å². The van der Waals surface area contributed by atoms with E-state index in [0.717, 1.165) is 17.0 Å². The van der Waals surface area contributed by atoms with E-state index in [1.54, 1.807) is 32.4 Å². The number of aromatic nitrogens is 2. The van der Waals surface area contributed by atoms with Crippen molar-refractivity contribution in [2.24, 2.45) is 0 Å². The minimum absolute atomic E-state index is 0.210. The predicted molar refractivity (Wildman–Crippen MR) is 111 cm³/mol. The first-order valence-electron chi connectivity index (χ1n) is 8.54. The highest BCUT2D eigenvalue weighted by atomic mass is 35.5. The summed E-state index contributed by atoms with van der Waals surface area (Å²) in [6, 6.07) is 12.8. The molecule has 0 saturated carbocycles. The number of carbonyl (C=O) groups excluding carboxylic acids is 1. The molecule has 0 unspecified atom stereocenters. The van der Waals surface area contributed by atoms with Crippen molar-refractivity contribution in [1.82, 2.24) is 15.3 Å². The molecule has 3 aromatic rings. The lowest BCUT2D eigenvalue weighted by molar-refractivity contribution is 0.0964. The highest BCUT2D eigenvalue weighted by molar-refractivity contribution is 6.33. The van der Waals surface area contributed by atoms with Gasteiger partial charge in [-0.05, 0) is 30.7 Å². The molecule has 0 fully saturated rings. The Morgan fingerprint density at radius 2 is 1.89 bits per heavy atom. The SMILES string of the molecule is CNC(=O)c1ccccc1Nc1nc(Nc2cc(OC)ccc2C)ncc1Cl. The minimum atomic E-state index is -0.210. The molecule has 3 N–H and O–H groups in total. The number of ether oxygens (including phenoxy) is 1. The lowest BCUT2D eigenvalue weighted by atomic mass is 10.1. The molecular weight excluding hydrogens is 378 g/mol. The molecule has 0 aliphatic rings. The second kappa shape index (κ2) is 8.58. The molecule has 0 saturated heterocycles. The van der Waals surface area contributed by atoms with Crippen molar-refractivity contribution in [3.63, 3.8) is 0 Å². The summed E-state index contributed by atoms with van der Waals surface area (Å²) in [7, 11) is 3.19. The quantitative estimate of drug-likeness (QED) is 0.575. The Hall–Kier alpha value is -3.32. The van der Waals surface area contributed by atoms with Crippen molar-refractivity contribution in [3.8, 4) is 5.75 Å². The number of rotatable bonds is 6.